The minimum absolute atomic E-state index is 0.854. The average Bonchev–Trinajstić information content (AvgIpc) is 3.12. The van der Waals surface area contributed by atoms with Crippen LogP contribution in [0.15, 0.2) is 158 Å². The summed E-state index contributed by atoms with van der Waals surface area (Å²) in [5.74, 6) is 33.0. The molecule has 0 heterocycles. The molecule has 6 aromatic rings. The van der Waals surface area contributed by atoms with Gasteiger partial charge in [0.1, 0.15) is 0 Å². The maximum absolute atomic E-state index is 3.34. The first-order chi connectivity index (χ1) is 22.8. The smallest absolute Gasteiger partial charge is 0.0405 e. The lowest BCUT2D eigenvalue weighted by Crippen LogP contribution is -1.87. The van der Waals surface area contributed by atoms with E-state index in [1.54, 1.807) is 0 Å². The van der Waals surface area contributed by atoms with Crippen molar-refractivity contribution in [2.75, 3.05) is 0 Å². The van der Waals surface area contributed by atoms with E-state index in [4.69, 9.17) is 0 Å². The number of rotatable bonds is 0. The highest BCUT2D eigenvalue weighted by Crippen LogP contribution is 2.12. The monoisotopic (exact) mass is 578 g/mol. The molecule has 0 nitrogen and oxygen atoms in total. The molecule has 210 valence electrons. The van der Waals surface area contributed by atoms with E-state index in [-0.39, 0.29) is 0 Å². The number of hydrogen-bond donors (Lipinski definition) is 0. The van der Waals surface area contributed by atoms with Crippen molar-refractivity contribution < 1.29 is 0 Å². The summed E-state index contributed by atoms with van der Waals surface area (Å²) < 4.78 is 0. The van der Waals surface area contributed by atoms with Crippen molar-refractivity contribution in [2.45, 2.75) is 0 Å². The fourth-order valence-corrected chi connectivity index (χ4v) is 4.53. The molecule has 0 aliphatic heterocycles. The van der Waals surface area contributed by atoms with Crippen molar-refractivity contribution >= 4 is 0 Å². The van der Waals surface area contributed by atoms with Crippen LogP contribution >= 0.6 is 0 Å². The summed E-state index contributed by atoms with van der Waals surface area (Å²) in [5.41, 5.74) is 8.90. The highest BCUT2D eigenvalue weighted by atomic mass is 14.0. The molecule has 0 aromatic heterocycles. The van der Waals surface area contributed by atoms with Gasteiger partial charge in [0.15, 0.2) is 0 Å². The van der Waals surface area contributed by atoms with Crippen LogP contribution in [0.4, 0.5) is 0 Å². The van der Waals surface area contributed by atoms with Crippen LogP contribution in [0.25, 0.3) is 0 Å². The van der Waals surface area contributed by atoms with Gasteiger partial charge in [0.05, 0.1) is 0 Å². The topological polar surface area (TPSA) is 0 Å². The summed E-state index contributed by atoms with van der Waals surface area (Å²) >= 11 is 0. The first kappa shape index (κ1) is 29.2. The van der Waals surface area contributed by atoms with Crippen molar-refractivity contribution in [3.8, 4) is 59.2 Å². The van der Waals surface area contributed by atoms with Crippen LogP contribution in [0, 0.1) is 59.2 Å². The van der Waals surface area contributed by atoms with Gasteiger partial charge in [-0.05, 0) is 72.8 Å². The van der Waals surface area contributed by atoms with Crippen LogP contribution in [-0.4, -0.2) is 0 Å². The van der Waals surface area contributed by atoms with Crippen LogP contribution in [0.1, 0.15) is 55.6 Å². The fourth-order valence-electron chi connectivity index (χ4n) is 4.53. The highest BCUT2D eigenvalue weighted by Gasteiger charge is 2.00. The Morgan fingerprint density at radius 3 is 0.565 bits per heavy atom. The Morgan fingerprint density at radius 2 is 0.348 bits per heavy atom. The summed E-state index contributed by atoms with van der Waals surface area (Å²) in [5, 5.41) is 0. The van der Waals surface area contributed by atoms with Gasteiger partial charge in [-0.2, -0.15) is 0 Å². The van der Waals surface area contributed by atoms with Crippen LogP contribution in [0.3, 0.4) is 0 Å². The number of hydrogen-bond acceptors (Lipinski definition) is 0. The second-order valence-corrected chi connectivity index (χ2v) is 10.2. The molecule has 0 radical (unpaired) electrons. The van der Waals surface area contributed by atoms with E-state index in [1.807, 2.05) is 158 Å². The lowest BCUT2D eigenvalue weighted by atomic mass is 10.0. The molecule has 0 saturated heterocycles. The third-order valence-corrected chi connectivity index (χ3v) is 6.93. The fraction of sp³-hybridized carbons (Fsp3) is 0. The van der Waals surface area contributed by atoms with Crippen LogP contribution in [-0.2, 0) is 0 Å². The zero-order valence-electron chi connectivity index (χ0n) is 25.0. The summed E-state index contributed by atoms with van der Waals surface area (Å²) in [6.45, 7) is 0. The third kappa shape index (κ3) is 7.94. The van der Waals surface area contributed by atoms with Crippen molar-refractivity contribution in [1.29, 1.82) is 0 Å². The molecule has 0 saturated carbocycles. The molecule has 0 aliphatic rings. The Balaban J connectivity index is 1.27. The molecule has 6 rings (SSSR count). The average molecular weight is 579 g/mol. The SMILES string of the molecule is C(#Cc1ccccc1C#Cc1ccccc1C#Cc1ccccc1C#Cc1ccccc1C#Cc1ccccc1)c1ccccc1. The molecular formula is C46H26. The molecule has 0 heteroatoms. The van der Waals surface area contributed by atoms with E-state index in [0.29, 0.717) is 0 Å². The van der Waals surface area contributed by atoms with E-state index >= 15 is 0 Å². The second kappa shape index (κ2) is 15.0. The minimum atomic E-state index is 0.854. The zero-order valence-corrected chi connectivity index (χ0v) is 25.0. The molecule has 46 heavy (non-hydrogen) atoms. The lowest BCUT2D eigenvalue weighted by molar-refractivity contribution is 1.55. The van der Waals surface area contributed by atoms with Crippen LogP contribution in [0.2, 0.25) is 0 Å². The molecule has 0 aliphatic carbocycles. The normalized spacial score (nSPS) is 9.30. The van der Waals surface area contributed by atoms with Gasteiger partial charge in [0.25, 0.3) is 0 Å². The molecule has 0 amide bonds. The largest absolute Gasteiger partial charge is 0.0622 e. The second-order valence-electron chi connectivity index (χ2n) is 10.2. The van der Waals surface area contributed by atoms with Gasteiger partial charge in [0.2, 0.25) is 0 Å². The van der Waals surface area contributed by atoms with E-state index in [1.165, 1.54) is 0 Å². The molecule has 0 fully saturated rings. The molecule has 0 spiro atoms. The molecule has 0 unspecified atom stereocenters. The van der Waals surface area contributed by atoms with Crippen molar-refractivity contribution in [3.63, 3.8) is 0 Å². The first-order valence-electron chi connectivity index (χ1n) is 14.9. The van der Waals surface area contributed by atoms with Gasteiger partial charge in [0, 0.05) is 55.6 Å². The van der Waals surface area contributed by atoms with Gasteiger partial charge in [-0.1, -0.05) is 144 Å². The third-order valence-electron chi connectivity index (χ3n) is 6.93. The molecule has 0 N–H and O–H groups in total. The van der Waals surface area contributed by atoms with Gasteiger partial charge in [-0.3, -0.25) is 0 Å². The Kier molecular flexibility index (Phi) is 9.54. The van der Waals surface area contributed by atoms with Crippen LogP contribution < -0.4 is 0 Å². The van der Waals surface area contributed by atoms with Crippen molar-refractivity contribution in [2.24, 2.45) is 0 Å². The number of benzene rings is 6. The standard InChI is InChI=1S/C46H26/c1-3-15-37(16-4-1)27-29-39-19-7-9-21-41(39)31-33-43-23-11-13-25-45(43)35-36-46-26-14-12-24-44(46)34-32-42-22-10-8-20-40(42)30-28-38-17-5-2-6-18-38/h1-26H. The Labute approximate surface area is 271 Å². The van der Waals surface area contributed by atoms with Gasteiger partial charge >= 0.3 is 0 Å². The summed E-state index contributed by atoms with van der Waals surface area (Å²) in [7, 11) is 0. The summed E-state index contributed by atoms with van der Waals surface area (Å²) in [4.78, 5) is 0. The predicted octanol–water partition coefficient (Wildman–Crippen LogP) is 8.69. The van der Waals surface area contributed by atoms with E-state index in [2.05, 4.69) is 59.2 Å². The van der Waals surface area contributed by atoms with E-state index in [9.17, 15) is 0 Å². The van der Waals surface area contributed by atoms with Crippen molar-refractivity contribution in [3.05, 3.63) is 213 Å². The van der Waals surface area contributed by atoms with Gasteiger partial charge < -0.3 is 0 Å². The molecular weight excluding hydrogens is 553 g/mol. The molecule has 6 aromatic carbocycles. The zero-order chi connectivity index (χ0) is 31.2. The maximum atomic E-state index is 3.34. The van der Waals surface area contributed by atoms with E-state index in [0.717, 1.165) is 55.6 Å². The Morgan fingerprint density at radius 1 is 0.174 bits per heavy atom. The van der Waals surface area contributed by atoms with Crippen molar-refractivity contribution in [1.82, 2.24) is 0 Å². The van der Waals surface area contributed by atoms with Gasteiger partial charge in [-0.25, -0.2) is 0 Å². The summed E-state index contributed by atoms with van der Waals surface area (Å²) in [6, 6.07) is 51.7. The van der Waals surface area contributed by atoms with E-state index < -0.39 is 0 Å². The van der Waals surface area contributed by atoms with Gasteiger partial charge in [-0.15, -0.1) is 0 Å². The minimum Gasteiger partial charge on any atom is -0.0622 e. The molecule has 0 bridgehead atoms. The predicted molar refractivity (Wildman–Crippen MR) is 189 cm³/mol. The Hall–Kier alpha value is -6.88. The maximum Gasteiger partial charge on any atom is 0.0405 e. The quantitative estimate of drug-likeness (QED) is 0.158. The van der Waals surface area contributed by atoms with Crippen LogP contribution in [0.5, 0.6) is 0 Å². The highest BCUT2D eigenvalue weighted by molar-refractivity contribution is 5.60. The lowest BCUT2D eigenvalue weighted by Gasteiger charge is -1.99. The summed E-state index contributed by atoms with van der Waals surface area (Å²) in [6.07, 6.45) is 0. The molecule has 0 atom stereocenters. The first-order valence-corrected chi connectivity index (χ1v) is 14.9. The Bertz CT molecular complexity index is 2150.